The quantitative estimate of drug-likeness (QED) is 0.449. The van der Waals surface area contributed by atoms with Gasteiger partial charge in [-0.25, -0.2) is 4.99 Å². The van der Waals surface area contributed by atoms with Crippen molar-refractivity contribution in [3.8, 4) is 0 Å². The number of nitrogens with zero attached hydrogens (tertiary/aromatic N) is 4. The molecule has 0 radical (unpaired) electrons. The van der Waals surface area contributed by atoms with Crippen molar-refractivity contribution in [1.29, 1.82) is 0 Å². The second-order valence-corrected chi connectivity index (χ2v) is 5.54. The Hall–Kier alpha value is -1.10. The third-order valence-corrected chi connectivity index (χ3v) is 3.87. The largest absolute Gasteiger partial charge is 0.378 e. The molecule has 0 aliphatic carbocycles. The Labute approximate surface area is 122 Å². The normalized spacial score (nSPS) is 22.9. The molecule has 0 aromatic carbocycles. The minimum absolute atomic E-state index is 0.786. The lowest BCUT2D eigenvalue weighted by Gasteiger charge is -2.28. The fourth-order valence-electron chi connectivity index (χ4n) is 2.56. The first kappa shape index (κ1) is 15.3. The van der Waals surface area contributed by atoms with Crippen molar-refractivity contribution in [2.24, 2.45) is 9.98 Å². The first-order valence-electron chi connectivity index (χ1n) is 7.97. The number of likely N-dealkylation sites (tertiary alicyclic amines) is 1. The smallest absolute Gasteiger partial charge is 0.222 e. The summed E-state index contributed by atoms with van der Waals surface area (Å²) >= 11 is 0. The van der Waals surface area contributed by atoms with Crippen LogP contribution in [0, 0.1) is 0 Å². The second-order valence-electron chi connectivity index (χ2n) is 5.54. The van der Waals surface area contributed by atoms with E-state index in [1.54, 1.807) is 0 Å². The summed E-state index contributed by atoms with van der Waals surface area (Å²) in [5, 5.41) is 0. The lowest BCUT2D eigenvalue weighted by atomic mass is 10.2. The van der Waals surface area contributed by atoms with Crippen LogP contribution in [0.25, 0.3) is 0 Å². The monoisotopic (exact) mass is 280 g/mol. The second kappa shape index (κ2) is 8.25. The first-order valence-corrected chi connectivity index (χ1v) is 7.97. The van der Waals surface area contributed by atoms with Crippen LogP contribution in [0.1, 0.15) is 39.0 Å². The molecule has 20 heavy (non-hydrogen) atoms. The van der Waals surface area contributed by atoms with Crippen LogP contribution in [-0.4, -0.2) is 68.0 Å². The van der Waals surface area contributed by atoms with E-state index < -0.39 is 0 Å². The van der Waals surface area contributed by atoms with Crippen molar-refractivity contribution in [3.05, 3.63) is 0 Å². The van der Waals surface area contributed by atoms with E-state index in [1.165, 1.54) is 25.1 Å². The SMILES string of the molecule is CCCCC/N=C(/N=C1/CCCN1C)N1CCOCC1. The number of aliphatic imine (C=N–C) groups is 2. The van der Waals surface area contributed by atoms with E-state index in [0.29, 0.717) is 0 Å². The molecule has 2 fully saturated rings. The summed E-state index contributed by atoms with van der Waals surface area (Å²) in [6.45, 7) is 7.62. The van der Waals surface area contributed by atoms with Gasteiger partial charge in [-0.05, 0) is 12.8 Å². The van der Waals surface area contributed by atoms with E-state index in [1.807, 2.05) is 0 Å². The first-order chi connectivity index (χ1) is 9.81. The van der Waals surface area contributed by atoms with Gasteiger partial charge >= 0.3 is 0 Å². The molecule has 0 amide bonds. The maximum absolute atomic E-state index is 5.43. The van der Waals surface area contributed by atoms with Gasteiger partial charge in [0.25, 0.3) is 0 Å². The summed E-state index contributed by atoms with van der Waals surface area (Å²) in [6, 6.07) is 0. The lowest BCUT2D eigenvalue weighted by Crippen LogP contribution is -2.41. The Kier molecular flexibility index (Phi) is 6.30. The molecule has 0 bridgehead atoms. The topological polar surface area (TPSA) is 40.4 Å². The van der Waals surface area contributed by atoms with Crippen molar-refractivity contribution in [1.82, 2.24) is 9.80 Å². The summed E-state index contributed by atoms with van der Waals surface area (Å²) < 4.78 is 5.43. The number of morpholine rings is 1. The number of guanidine groups is 1. The molecular formula is C15H28N4O. The van der Waals surface area contributed by atoms with Gasteiger partial charge in [-0.2, -0.15) is 0 Å². The maximum atomic E-state index is 5.43. The summed E-state index contributed by atoms with van der Waals surface area (Å²) in [7, 11) is 2.12. The van der Waals surface area contributed by atoms with Gasteiger partial charge in [0.1, 0.15) is 5.84 Å². The Morgan fingerprint density at radius 2 is 2.00 bits per heavy atom. The van der Waals surface area contributed by atoms with E-state index in [4.69, 9.17) is 14.7 Å². The number of hydrogen-bond donors (Lipinski definition) is 0. The van der Waals surface area contributed by atoms with E-state index in [9.17, 15) is 0 Å². The number of ether oxygens (including phenoxy) is 1. The molecule has 0 aromatic rings. The fourth-order valence-corrected chi connectivity index (χ4v) is 2.56. The molecule has 2 aliphatic heterocycles. The highest BCUT2D eigenvalue weighted by molar-refractivity contribution is 5.96. The Bertz CT molecular complexity index is 348. The average molecular weight is 280 g/mol. The zero-order valence-electron chi connectivity index (χ0n) is 13.0. The van der Waals surface area contributed by atoms with Crippen LogP contribution < -0.4 is 0 Å². The lowest BCUT2D eigenvalue weighted by molar-refractivity contribution is 0.0674. The molecule has 114 valence electrons. The van der Waals surface area contributed by atoms with Crippen LogP contribution in [0.2, 0.25) is 0 Å². The standard InChI is InChI=1S/C15H28N4O/c1-3-4-5-8-16-15(19-10-12-20-13-11-19)17-14-7-6-9-18(14)2/h3-13H2,1-2H3/b16-15-,17-14-. The molecule has 5 heteroatoms. The van der Waals surface area contributed by atoms with Gasteiger partial charge in [-0.15, -0.1) is 0 Å². The van der Waals surface area contributed by atoms with Crippen molar-refractivity contribution in [2.45, 2.75) is 39.0 Å². The van der Waals surface area contributed by atoms with Gasteiger partial charge in [0.15, 0.2) is 0 Å². The van der Waals surface area contributed by atoms with Crippen LogP contribution in [0.15, 0.2) is 9.98 Å². The third kappa shape index (κ3) is 4.47. The maximum Gasteiger partial charge on any atom is 0.222 e. The molecule has 2 saturated heterocycles. The van der Waals surface area contributed by atoms with Crippen molar-refractivity contribution in [3.63, 3.8) is 0 Å². The zero-order valence-corrected chi connectivity index (χ0v) is 13.0. The van der Waals surface area contributed by atoms with Gasteiger partial charge < -0.3 is 14.5 Å². The predicted octanol–water partition coefficient (Wildman–Crippen LogP) is 1.99. The summed E-state index contributed by atoms with van der Waals surface area (Å²) in [5.74, 6) is 2.11. The summed E-state index contributed by atoms with van der Waals surface area (Å²) in [4.78, 5) is 14.1. The number of hydrogen-bond acceptors (Lipinski definition) is 2. The molecule has 5 nitrogen and oxygen atoms in total. The Morgan fingerprint density at radius 3 is 2.65 bits per heavy atom. The van der Waals surface area contributed by atoms with Gasteiger partial charge in [0.05, 0.1) is 13.2 Å². The molecule has 0 N–H and O–H groups in total. The highest BCUT2D eigenvalue weighted by Gasteiger charge is 2.19. The highest BCUT2D eigenvalue weighted by Crippen LogP contribution is 2.11. The van der Waals surface area contributed by atoms with Gasteiger partial charge in [0.2, 0.25) is 5.96 Å². The molecule has 0 aromatic heterocycles. The van der Waals surface area contributed by atoms with E-state index in [2.05, 4.69) is 23.8 Å². The number of rotatable bonds is 4. The van der Waals surface area contributed by atoms with Gasteiger partial charge in [-0.3, -0.25) is 4.99 Å². The van der Waals surface area contributed by atoms with Gasteiger partial charge in [0, 0.05) is 39.6 Å². The van der Waals surface area contributed by atoms with E-state index in [0.717, 1.165) is 58.2 Å². The van der Waals surface area contributed by atoms with Crippen LogP contribution in [-0.2, 0) is 4.74 Å². The van der Waals surface area contributed by atoms with Crippen molar-refractivity contribution >= 4 is 11.8 Å². The molecule has 0 unspecified atom stereocenters. The minimum Gasteiger partial charge on any atom is -0.378 e. The van der Waals surface area contributed by atoms with Gasteiger partial charge in [-0.1, -0.05) is 19.8 Å². The molecular weight excluding hydrogens is 252 g/mol. The highest BCUT2D eigenvalue weighted by atomic mass is 16.5. The Balaban J connectivity index is 2.02. The molecule has 2 aliphatic rings. The van der Waals surface area contributed by atoms with Crippen LogP contribution >= 0.6 is 0 Å². The molecule has 0 saturated carbocycles. The van der Waals surface area contributed by atoms with Crippen LogP contribution in [0.4, 0.5) is 0 Å². The fraction of sp³-hybridized carbons (Fsp3) is 0.867. The van der Waals surface area contributed by atoms with E-state index in [-0.39, 0.29) is 0 Å². The summed E-state index contributed by atoms with van der Waals surface area (Å²) in [5.41, 5.74) is 0. The van der Waals surface area contributed by atoms with Crippen LogP contribution in [0.3, 0.4) is 0 Å². The van der Waals surface area contributed by atoms with Crippen molar-refractivity contribution < 1.29 is 4.74 Å². The number of unbranched alkanes of at least 4 members (excludes halogenated alkanes) is 2. The number of amidine groups is 1. The van der Waals surface area contributed by atoms with E-state index >= 15 is 0 Å². The molecule has 0 atom stereocenters. The molecule has 2 heterocycles. The molecule has 0 spiro atoms. The zero-order chi connectivity index (χ0) is 14.2. The van der Waals surface area contributed by atoms with Crippen molar-refractivity contribution in [2.75, 3.05) is 46.4 Å². The average Bonchev–Trinajstić information content (AvgIpc) is 2.88. The summed E-state index contributed by atoms with van der Waals surface area (Å²) in [6.07, 6.45) is 5.93. The predicted molar refractivity (Wildman–Crippen MR) is 83.5 cm³/mol. The third-order valence-electron chi connectivity index (χ3n) is 3.87. The molecule has 2 rings (SSSR count). The van der Waals surface area contributed by atoms with Crippen LogP contribution in [0.5, 0.6) is 0 Å². The Morgan fingerprint density at radius 1 is 1.20 bits per heavy atom. The minimum atomic E-state index is 0.786.